The molecule has 1 atom stereocenters. The number of rotatable bonds is 3. The number of fused-ring (bicyclic) bond motifs is 1. The molecule has 0 saturated heterocycles. The zero-order chi connectivity index (χ0) is 16.4. The molecule has 23 heavy (non-hydrogen) atoms. The van der Waals surface area contributed by atoms with E-state index in [1.54, 1.807) is 0 Å². The first-order valence-corrected chi connectivity index (χ1v) is 7.75. The van der Waals surface area contributed by atoms with Crippen LogP contribution in [0.4, 0.5) is 5.69 Å². The van der Waals surface area contributed by atoms with Crippen LogP contribution in [0, 0.1) is 6.92 Å². The van der Waals surface area contributed by atoms with E-state index >= 15 is 0 Å². The van der Waals surface area contributed by atoms with E-state index < -0.39 is 6.23 Å². The van der Waals surface area contributed by atoms with Crippen LogP contribution in [0.5, 0.6) is 0 Å². The minimum absolute atomic E-state index is 0.0885. The lowest BCUT2D eigenvalue weighted by Gasteiger charge is -2.14. The molecule has 0 radical (unpaired) electrons. The Labute approximate surface area is 136 Å². The van der Waals surface area contributed by atoms with Crippen molar-refractivity contribution in [2.75, 3.05) is 5.32 Å². The lowest BCUT2D eigenvalue weighted by Crippen LogP contribution is -2.30. The molecule has 1 aliphatic rings. The molecule has 0 saturated carbocycles. The van der Waals surface area contributed by atoms with Crippen molar-refractivity contribution in [1.82, 2.24) is 0 Å². The molecular formula is C19H20N2O2. The molecule has 0 fully saturated rings. The Hall–Kier alpha value is -2.46. The molecule has 0 bridgehead atoms. The van der Waals surface area contributed by atoms with Gasteiger partial charge in [-0.25, -0.2) is 4.99 Å². The van der Waals surface area contributed by atoms with Crippen molar-refractivity contribution < 1.29 is 9.53 Å². The van der Waals surface area contributed by atoms with E-state index in [1.165, 1.54) is 0 Å². The maximum Gasteiger partial charge on any atom is 0.276 e. The quantitative estimate of drug-likeness (QED) is 0.943. The molecule has 1 aliphatic heterocycles. The van der Waals surface area contributed by atoms with Gasteiger partial charge in [0.25, 0.3) is 5.91 Å². The van der Waals surface area contributed by atoms with E-state index in [2.05, 4.69) is 10.3 Å². The van der Waals surface area contributed by atoms with Gasteiger partial charge in [0.15, 0.2) is 0 Å². The summed E-state index contributed by atoms with van der Waals surface area (Å²) in [6.07, 6.45) is -0.938. The highest BCUT2D eigenvalue weighted by Crippen LogP contribution is 2.26. The van der Waals surface area contributed by atoms with Crippen LogP contribution in [0.25, 0.3) is 0 Å². The number of hydrogen-bond acceptors (Lipinski definition) is 3. The predicted molar refractivity (Wildman–Crippen MR) is 91.9 cm³/mol. The van der Waals surface area contributed by atoms with E-state index in [0.29, 0.717) is 0 Å². The molecule has 4 heteroatoms. The van der Waals surface area contributed by atoms with E-state index in [1.807, 2.05) is 69.3 Å². The first-order valence-electron chi connectivity index (χ1n) is 7.75. The molecule has 118 valence electrons. The SMILES string of the molecule is Cc1ccc2c(c1)C(c1ccccc1)=NC(OC(C)C)C(=O)N2. The van der Waals surface area contributed by atoms with Crippen LogP contribution in [0.1, 0.15) is 30.5 Å². The molecule has 1 unspecified atom stereocenters. The van der Waals surface area contributed by atoms with Gasteiger partial charge in [-0.15, -0.1) is 0 Å². The number of amides is 1. The number of nitrogens with zero attached hydrogens (tertiary/aromatic N) is 1. The van der Waals surface area contributed by atoms with Crippen molar-refractivity contribution in [3.8, 4) is 0 Å². The summed E-state index contributed by atoms with van der Waals surface area (Å²) in [7, 11) is 0. The van der Waals surface area contributed by atoms with Crippen LogP contribution in [-0.4, -0.2) is 24.0 Å². The van der Waals surface area contributed by atoms with Gasteiger partial charge in [0, 0.05) is 11.1 Å². The van der Waals surface area contributed by atoms with Crippen LogP contribution in [0.2, 0.25) is 0 Å². The summed E-state index contributed by atoms with van der Waals surface area (Å²) in [5.74, 6) is -0.241. The third-order valence-corrected chi connectivity index (χ3v) is 3.61. The molecular weight excluding hydrogens is 288 g/mol. The number of benzene rings is 2. The molecule has 0 spiro atoms. The number of carbonyl (C=O) groups is 1. The second kappa shape index (κ2) is 6.34. The minimum atomic E-state index is -0.849. The lowest BCUT2D eigenvalue weighted by molar-refractivity contribution is -0.129. The van der Waals surface area contributed by atoms with Crippen molar-refractivity contribution in [2.24, 2.45) is 4.99 Å². The van der Waals surface area contributed by atoms with Crippen molar-refractivity contribution in [3.05, 3.63) is 65.2 Å². The predicted octanol–water partition coefficient (Wildman–Crippen LogP) is 3.54. The Bertz CT molecular complexity index is 751. The number of aryl methyl sites for hydroxylation is 1. The van der Waals surface area contributed by atoms with Crippen molar-refractivity contribution in [3.63, 3.8) is 0 Å². The summed E-state index contributed by atoms with van der Waals surface area (Å²) < 4.78 is 5.70. The third-order valence-electron chi connectivity index (χ3n) is 3.61. The zero-order valence-corrected chi connectivity index (χ0v) is 13.5. The number of anilines is 1. The monoisotopic (exact) mass is 308 g/mol. The fourth-order valence-corrected chi connectivity index (χ4v) is 2.58. The van der Waals surface area contributed by atoms with Gasteiger partial charge in [-0.05, 0) is 32.9 Å². The highest BCUT2D eigenvalue weighted by Gasteiger charge is 2.27. The Kier molecular flexibility index (Phi) is 4.26. The highest BCUT2D eigenvalue weighted by molar-refractivity contribution is 6.19. The van der Waals surface area contributed by atoms with Gasteiger partial charge in [-0.1, -0.05) is 42.0 Å². The van der Waals surface area contributed by atoms with Crippen molar-refractivity contribution in [1.29, 1.82) is 0 Å². The molecule has 2 aromatic carbocycles. The third kappa shape index (κ3) is 3.32. The normalized spacial score (nSPS) is 17.3. The fourth-order valence-electron chi connectivity index (χ4n) is 2.58. The fraction of sp³-hybridized carbons (Fsp3) is 0.263. The molecule has 2 aromatic rings. The first kappa shape index (κ1) is 15.4. The van der Waals surface area contributed by atoms with Gasteiger partial charge in [-0.3, -0.25) is 4.79 Å². The van der Waals surface area contributed by atoms with E-state index in [0.717, 1.165) is 28.1 Å². The van der Waals surface area contributed by atoms with E-state index in [4.69, 9.17) is 4.74 Å². The number of hydrogen-bond donors (Lipinski definition) is 1. The van der Waals surface area contributed by atoms with Crippen molar-refractivity contribution >= 4 is 17.3 Å². The minimum Gasteiger partial charge on any atom is -0.345 e. The second-order valence-corrected chi connectivity index (χ2v) is 5.92. The highest BCUT2D eigenvalue weighted by atomic mass is 16.5. The van der Waals surface area contributed by atoms with Crippen LogP contribution in [0.15, 0.2) is 53.5 Å². The van der Waals surface area contributed by atoms with Gasteiger partial charge in [0.05, 0.1) is 17.5 Å². The van der Waals surface area contributed by atoms with Crippen LogP contribution < -0.4 is 5.32 Å². The van der Waals surface area contributed by atoms with Crippen LogP contribution >= 0.6 is 0 Å². The zero-order valence-electron chi connectivity index (χ0n) is 13.5. The van der Waals surface area contributed by atoms with Gasteiger partial charge in [0.1, 0.15) is 0 Å². The molecule has 1 N–H and O–H groups in total. The molecule has 0 aromatic heterocycles. The van der Waals surface area contributed by atoms with Crippen LogP contribution in [0.3, 0.4) is 0 Å². The lowest BCUT2D eigenvalue weighted by atomic mass is 9.99. The Morgan fingerprint density at radius 2 is 1.87 bits per heavy atom. The standard InChI is InChI=1S/C19H20N2O2/c1-12(2)23-19-18(22)20-16-10-9-13(3)11-15(16)17(21-19)14-7-5-4-6-8-14/h4-12,19H,1-3H3,(H,20,22). The summed E-state index contributed by atoms with van der Waals surface area (Å²) >= 11 is 0. The number of ether oxygens (including phenoxy) is 1. The summed E-state index contributed by atoms with van der Waals surface area (Å²) in [6.45, 7) is 5.82. The smallest absolute Gasteiger partial charge is 0.276 e. The topological polar surface area (TPSA) is 50.7 Å². The second-order valence-electron chi connectivity index (χ2n) is 5.92. The number of nitrogens with one attached hydrogen (secondary N) is 1. The molecule has 4 nitrogen and oxygen atoms in total. The largest absolute Gasteiger partial charge is 0.345 e. The molecule has 1 heterocycles. The Balaban J connectivity index is 2.16. The maximum absolute atomic E-state index is 12.4. The average Bonchev–Trinajstić information content (AvgIpc) is 2.65. The Morgan fingerprint density at radius 1 is 1.13 bits per heavy atom. The van der Waals surface area contributed by atoms with Gasteiger partial charge in [0.2, 0.25) is 6.23 Å². The van der Waals surface area contributed by atoms with Gasteiger partial charge in [-0.2, -0.15) is 0 Å². The van der Waals surface area contributed by atoms with Gasteiger partial charge < -0.3 is 10.1 Å². The summed E-state index contributed by atoms with van der Waals surface area (Å²) in [4.78, 5) is 17.1. The van der Waals surface area contributed by atoms with Crippen molar-refractivity contribution in [2.45, 2.75) is 33.1 Å². The average molecular weight is 308 g/mol. The number of aliphatic imine (C=N–C) groups is 1. The number of carbonyl (C=O) groups excluding carboxylic acids is 1. The van der Waals surface area contributed by atoms with Gasteiger partial charge >= 0.3 is 0 Å². The van der Waals surface area contributed by atoms with E-state index in [9.17, 15) is 4.79 Å². The maximum atomic E-state index is 12.4. The van der Waals surface area contributed by atoms with E-state index in [-0.39, 0.29) is 12.0 Å². The summed E-state index contributed by atoms with van der Waals surface area (Å²) in [5, 5.41) is 2.93. The van der Waals surface area contributed by atoms with Crippen LogP contribution in [-0.2, 0) is 9.53 Å². The first-order chi connectivity index (χ1) is 11.0. The Morgan fingerprint density at radius 3 is 2.57 bits per heavy atom. The molecule has 3 rings (SSSR count). The summed E-state index contributed by atoms with van der Waals surface area (Å²) in [5.41, 5.74) is 4.53. The summed E-state index contributed by atoms with van der Waals surface area (Å²) in [6, 6.07) is 15.8. The number of benzodiazepines with no additional fused rings is 1. The molecule has 0 aliphatic carbocycles. The molecule has 1 amide bonds.